The fourth-order valence-corrected chi connectivity index (χ4v) is 4.78. The normalized spacial score (nSPS) is 32.7. The zero-order valence-electron chi connectivity index (χ0n) is 24.1. The molecule has 0 saturated carbocycles. The second kappa shape index (κ2) is 14.7. The number of ether oxygens (including phenoxy) is 4. The highest BCUT2D eigenvalue weighted by Crippen LogP contribution is 2.29. The van der Waals surface area contributed by atoms with Gasteiger partial charge in [0.05, 0.1) is 25.0 Å². The number of aliphatic hydroxyl groups excluding tert-OH is 1. The molecule has 0 radical (unpaired) electrons. The van der Waals surface area contributed by atoms with Gasteiger partial charge in [-0.3, -0.25) is 14.4 Å². The topological polar surface area (TPSA) is 163 Å². The van der Waals surface area contributed by atoms with E-state index in [2.05, 4.69) is 5.32 Å². The smallest absolute Gasteiger partial charge is 0.405 e. The van der Waals surface area contributed by atoms with Gasteiger partial charge >= 0.3 is 6.09 Å². The van der Waals surface area contributed by atoms with E-state index in [1.165, 1.54) is 34.3 Å². The second-order valence-electron chi connectivity index (χ2n) is 10.1. The number of ketones is 2. The number of nitrogens with two attached hydrogens (primary N) is 1. The summed E-state index contributed by atoms with van der Waals surface area (Å²) in [4.78, 5) is 50.6. The van der Waals surface area contributed by atoms with Crippen molar-refractivity contribution >= 4 is 23.6 Å². The highest BCUT2D eigenvalue weighted by atomic mass is 16.6. The fourth-order valence-electron chi connectivity index (χ4n) is 4.78. The molecule has 2 aliphatic rings. The summed E-state index contributed by atoms with van der Waals surface area (Å²) in [6, 6.07) is 0. The first-order valence-corrected chi connectivity index (χ1v) is 13.0. The van der Waals surface area contributed by atoms with Crippen LogP contribution in [0.15, 0.2) is 58.6 Å². The standard InChI is InChI=1S/C29H40N2O9/c1-15-11-19-25(34)20(14-21(32)27(19)39-7)31-28(35)16(2)9-8-10-22(37-5)26(40-29(30)36)18(4)13-17(3)24(33)23(12-15)38-6/h8-10,13-15,17,22-24,26,33H,11-12H2,1-7H3,(H2,30,36)(H,31,35)/b10-8+,16-9+,18-13+/t15-,17+,22+,23+,24-,26+/m0/s1. The number of aliphatic hydroxyl groups is 1. The highest BCUT2D eigenvalue weighted by molar-refractivity contribution is 6.23. The van der Waals surface area contributed by atoms with E-state index >= 15 is 0 Å². The number of carbonyl (C=O) groups excluding carboxylic acids is 4. The number of primary amides is 1. The van der Waals surface area contributed by atoms with E-state index in [1.807, 2.05) is 6.92 Å². The molecule has 0 unspecified atom stereocenters. The molecular formula is C29H40N2O9. The number of hydrogen-bond acceptors (Lipinski definition) is 9. The van der Waals surface area contributed by atoms with Gasteiger partial charge in [0.2, 0.25) is 11.6 Å². The van der Waals surface area contributed by atoms with Gasteiger partial charge in [-0.05, 0) is 38.2 Å². The van der Waals surface area contributed by atoms with Crippen molar-refractivity contribution in [2.45, 2.75) is 65.0 Å². The van der Waals surface area contributed by atoms with Gasteiger partial charge in [0, 0.05) is 37.4 Å². The summed E-state index contributed by atoms with van der Waals surface area (Å²) in [7, 11) is 4.21. The van der Waals surface area contributed by atoms with Crippen LogP contribution in [0.25, 0.3) is 0 Å². The summed E-state index contributed by atoms with van der Waals surface area (Å²) in [5, 5.41) is 13.7. The maximum atomic E-state index is 13.3. The van der Waals surface area contributed by atoms with Gasteiger partial charge in [-0.15, -0.1) is 0 Å². The predicted octanol–water partition coefficient (Wildman–Crippen LogP) is 2.41. The lowest BCUT2D eigenvalue weighted by Gasteiger charge is -2.29. The van der Waals surface area contributed by atoms with Crippen molar-refractivity contribution in [3.8, 4) is 0 Å². The number of hydrogen-bond donors (Lipinski definition) is 3. The molecule has 11 nitrogen and oxygen atoms in total. The molecule has 1 aliphatic carbocycles. The molecule has 2 bridgehead atoms. The molecular weight excluding hydrogens is 520 g/mol. The second-order valence-corrected chi connectivity index (χ2v) is 10.1. The third-order valence-corrected chi connectivity index (χ3v) is 6.95. The lowest BCUT2D eigenvalue weighted by molar-refractivity contribution is -0.120. The molecule has 1 heterocycles. The van der Waals surface area contributed by atoms with Crippen molar-refractivity contribution in [1.82, 2.24) is 5.32 Å². The monoisotopic (exact) mass is 560 g/mol. The summed E-state index contributed by atoms with van der Waals surface area (Å²) < 4.78 is 21.7. The zero-order chi connectivity index (χ0) is 30.1. The van der Waals surface area contributed by atoms with Gasteiger partial charge in [-0.1, -0.05) is 38.2 Å². The van der Waals surface area contributed by atoms with Gasteiger partial charge in [0.15, 0.2) is 11.9 Å². The van der Waals surface area contributed by atoms with Crippen LogP contribution in [-0.2, 0) is 33.3 Å². The fraction of sp³-hybridized carbons (Fsp3) is 0.517. The lowest BCUT2D eigenvalue weighted by atomic mass is 9.85. The highest BCUT2D eigenvalue weighted by Gasteiger charge is 2.34. The third kappa shape index (κ3) is 8.23. The van der Waals surface area contributed by atoms with Crippen molar-refractivity contribution in [1.29, 1.82) is 0 Å². The number of carbonyl (C=O) groups is 4. The number of fused-ring (bicyclic) bond motifs is 2. The maximum Gasteiger partial charge on any atom is 0.405 e. The molecule has 6 atom stereocenters. The average Bonchev–Trinajstić information content (AvgIpc) is 2.90. The Kier molecular flexibility index (Phi) is 12.0. The van der Waals surface area contributed by atoms with Gasteiger partial charge in [-0.25, -0.2) is 4.79 Å². The summed E-state index contributed by atoms with van der Waals surface area (Å²) in [6.07, 6.45) is 3.61. The quantitative estimate of drug-likeness (QED) is 0.346. The van der Waals surface area contributed by atoms with E-state index in [0.717, 1.165) is 6.08 Å². The number of allylic oxidation sites excluding steroid dienone is 4. The van der Waals surface area contributed by atoms with Crippen molar-refractivity contribution in [3.63, 3.8) is 0 Å². The Labute approximate surface area is 234 Å². The minimum absolute atomic E-state index is 0.0801. The molecule has 0 aromatic heterocycles. The van der Waals surface area contributed by atoms with E-state index in [-0.39, 0.29) is 34.9 Å². The molecule has 11 heteroatoms. The minimum atomic E-state index is -1.00. The molecule has 0 spiro atoms. The number of rotatable bonds is 4. The third-order valence-electron chi connectivity index (χ3n) is 6.95. The Bertz CT molecular complexity index is 1150. The van der Waals surface area contributed by atoms with Gasteiger partial charge < -0.3 is 35.1 Å². The number of methoxy groups -OCH3 is 3. The molecule has 220 valence electrons. The van der Waals surface area contributed by atoms with Crippen LogP contribution in [0.5, 0.6) is 0 Å². The molecule has 1 aliphatic heterocycles. The van der Waals surface area contributed by atoms with Gasteiger partial charge in [0.1, 0.15) is 6.10 Å². The van der Waals surface area contributed by atoms with E-state index < -0.39 is 53.9 Å². The van der Waals surface area contributed by atoms with E-state index in [0.29, 0.717) is 12.0 Å². The van der Waals surface area contributed by atoms with Crippen molar-refractivity contribution in [2.24, 2.45) is 17.6 Å². The zero-order valence-corrected chi connectivity index (χ0v) is 24.1. The van der Waals surface area contributed by atoms with E-state index in [9.17, 15) is 24.3 Å². The van der Waals surface area contributed by atoms with Crippen molar-refractivity contribution in [2.75, 3.05) is 21.3 Å². The Hall–Kier alpha value is -3.54. The Morgan fingerprint density at radius 2 is 1.77 bits per heavy atom. The molecule has 0 aromatic carbocycles. The molecule has 0 saturated heterocycles. The number of Topliss-reactive ketones (excluding diaryl/α,β-unsaturated/α-hetero) is 1. The van der Waals surface area contributed by atoms with Crippen LogP contribution in [0.1, 0.15) is 40.5 Å². The maximum absolute atomic E-state index is 13.3. The number of amides is 2. The molecule has 0 aromatic rings. The van der Waals surface area contributed by atoms with Crippen LogP contribution >= 0.6 is 0 Å². The summed E-state index contributed by atoms with van der Waals surface area (Å²) in [5.41, 5.74) is 6.12. The number of nitrogens with one attached hydrogen (secondary N) is 1. The first-order valence-electron chi connectivity index (χ1n) is 13.0. The largest absolute Gasteiger partial charge is 0.492 e. The van der Waals surface area contributed by atoms with Crippen LogP contribution in [0.3, 0.4) is 0 Å². The summed E-state index contributed by atoms with van der Waals surface area (Å²) in [6.45, 7) is 6.92. The molecule has 2 amide bonds. The molecule has 4 N–H and O–H groups in total. The van der Waals surface area contributed by atoms with Crippen molar-refractivity contribution in [3.05, 3.63) is 58.6 Å². The summed E-state index contributed by atoms with van der Waals surface area (Å²) in [5.74, 6) is -2.39. The van der Waals surface area contributed by atoms with Crippen LogP contribution < -0.4 is 11.1 Å². The van der Waals surface area contributed by atoms with E-state index in [1.54, 1.807) is 32.1 Å². The predicted molar refractivity (Wildman–Crippen MR) is 147 cm³/mol. The molecule has 2 rings (SSSR count). The first-order chi connectivity index (χ1) is 18.8. The average molecular weight is 561 g/mol. The van der Waals surface area contributed by atoms with E-state index in [4.69, 9.17) is 24.7 Å². The lowest BCUT2D eigenvalue weighted by Crippen LogP contribution is -2.37. The SMILES string of the molecule is COC1=C2C[C@H](C)C[C@@H](OC)[C@@H](O)[C@H](C)/C=C(\C)[C@@H](OC(N)=O)[C@H](OC)/C=C/C=C(\C)C(=O)NC(=CC1=O)C2=O. The minimum Gasteiger partial charge on any atom is -0.492 e. The Morgan fingerprint density at radius 1 is 1.10 bits per heavy atom. The Balaban J connectivity index is 2.60. The van der Waals surface area contributed by atoms with Gasteiger partial charge in [0.25, 0.3) is 5.91 Å². The first kappa shape index (κ1) is 32.7. The van der Waals surface area contributed by atoms with Crippen LogP contribution in [0, 0.1) is 11.8 Å². The van der Waals surface area contributed by atoms with Crippen LogP contribution in [0.4, 0.5) is 4.79 Å². The Morgan fingerprint density at radius 3 is 2.35 bits per heavy atom. The summed E-state index contributed by atoms with van der Waals surface area (Å²) >= 11 is 0. The van der Waals surface area contributed by atoms with Crippen molar-refractivity contribution < 1.29 is 43.2 Å². The molecule has 40 heavy (non-hydrogen) atoms. The van der Waals surface area contributed by atoms with Gasteiger partial charge in [-0.2, -0.15) is 0 Å². The van der Waals surface area contributed by atoms with Crippen LogP contribution in [0.2, 0.25) is 0 Å². The molecule has 0 fully saturated rings. The van der Waals surface area contributed by atoms with Crippen LogP contribution in [-0.4, -0.2) is 74.4 Å².